The molecule has 5 heteroatoms. The number of rotatable bonds is 1. The molecule has 19 heavy (non-hydrogen) atoms. The van der Waals surface area contributed by atoms with Gasteiger partial charge in [0.2, 0.25) is 0 Å². The van der Waals surface area contributed by atoms with E-state index in [-0.39, 0.29) is 6.09 Å². The summed E-state index contributed by atoms with van der Waals surface area (Å²) < 4.78 is 5.38. The van der Waals surface area contributed by atoms with Crippen molar-refractivity contribution < 1.29 is 9.53 Å². The second-order valence-electron chi connectivity index (χ2n) is 4.46. The molecule has 0 unspecified atom stereocenters. The second kappa shape index (κ2) is 5.24. The van der Waals surface area contributed by atoms with Gasteiger partial charge in [-0.05, 0) is 18.2 Å². The van der Waals surface area contributed by atoms with Crippen LogP contribution in [0.4, 0.5) is 4.79 Å². The Hall–Kier alpha value is -2.14. The smallest absolute Gasteiger partial charge is 0.410 e. The summed E-state index contributed by atoms with van der Waals surface area (Å²) in [5.74, 6) is 0.537. The third-order valence-corrected chi connectivity index (χ3v) is 3.16. The largest absolute Gasteiger partial charge is 0.415 e. The molecule has 2 aromatic rings. The number of ether oxygens (including phenoxy) is 1. The maximum absolute atomic E-state index is 12.0. The van der Waals surface area contributed by atoms with Crippen molar-refractivity contribution in [3.8, 4) is 5.75 Å². The lowest BCUT2D eigenvalue weighted by Crippen LogP contribution is -2.47. The molecule has 0 aliphatic carbocycles. The molecule has 1 amide bonds. The summed E-state index contributed by atoms with van der Waals surface area (Å²) in [7, 11) is 0. The van der Waals surface area contributed by atoms with Crippen LogP contribution in [-0.2, 0) is 0 Å². The number of amides is 1. The maximum Gasteiger partial charge on any atom is 0.415 e. The average molecular weight is 257 g/mol. The molecule has 0 atom stereocenters. The Labute approximate surface area is 111 Å². The third-order valence-electron chi connectivity index (χ3n) is 3.16. The molecule has 98 valence electrons. The monoisotopic (exact) mass is 257 g/mol. The highest BCUT2D eigenvalue weighted by Gasteiger charge is 2.18. The summed E-state index contributed by atoms with van der Waals surface area (Å²) in [6.07, 6.45) is 1.43. The van der Waals surface area contributed by atoms with Gasteiger partial charge in [0.15, 0.2) is 0 Å². The third kappa shape index (κ3) is 2.66. The molecule has 0 radical (unpaired) electrons. The normalized spacial score (nSPS) is 15.5. The lowest BCUT2D eigenvalue weighted by molar-refractivity contribution is 0.146. The topological polar surface area (TPSA) is 54.5 Å². The average Bonchev–Trinajstić information content (AvgIpc) is 2.48. The van der Waals surface area contributed by atoms with Crippen molar-refractivity contribution in [3.05, 3.63) is 36.5 Å². The highest BCUT2D eigenvalue weighted by molar-refractivity contribution is 5.81. The first-order valence-corrected chi connectivity index (χ1v) is 6.35. The lowest BCUT2D eigenvalue weighted by Gasteiger charge is -2.26. The minimum atomic E-state index is -0.295. The fourth-order valence-corrected chi connectivity index (χ4v) is 2.12. The Bertz CT molecular complexity index is 594. The molecule has 2 heterocycles. The van der Waals surface area contributed by atoms with Gasteiger partial charge >= 0.3 is 6.09 Å². The first-order valence-electron chi connectivity index (χ1n) is 6.35. The number of carbonyl (C=O) groups excluding carboxylic acids is 1. The number of hydrogen-bond acceptors (Lipinski definition) is 4. The minimum absolute atomic E-state index is 0.295. The van der Waals surface area contributed by atoms with E-state index in [0.29, 0.717) is 18.8 Å². The van der Waals surface area contributed by atoms with Gasteiger partial charge in [0, 0.05) is 43.8 Å². The standard InChI is InChI=1S/C14H15N3O2/c18-14(17-8-6-15-7-9-17)19-12-4-3-11-2-1-5-16-13(11)10-12/h1-5,10,15H,6-9H2. The molecular weight excluding hydrogens is 242 g/mol. The van der Waals surface area contributed by atoms with Crippen LogP contribution < -0.4 is 10.1 Å². The quantitative estimate of drug-likeness (QED) is 0.843. The summed E-state index contributed by atoms with van der Waals surface area (Å²) >= 11 is 0. The fourth-order valence-electron chi connectivity index (χ4n) is 2.12. The molecule has 1 saturated heterocycles. The number of hydrogen-bond donors (Lipinski definition) is 1. The molecule has 1 aromatic heterocycles. The van der Waals surface area contributed by atoms with Gasteiger partial charge in [-0.15, -0.1) is 0 Å². The zero-order chi connectivity index (χ0) is 13.1. The number of carbonyl (C=O) groups is 1. The van der Waals surface area contributed by atoms with E-state index in [1.54, 1.807) is 23.2 Å². The van der Waals surface area contributed by atoms with E-state index >= 15 is 0 Å². The SMILES string of the molecule is O=C(Oc1ccc2cccnc2c1)N1CCNCC1. The van der Waals surface area contributed by atoms with E-state index in [1.165, 1.54) is 0 Å². The summed E-state index contributed by atoms with van der Waals surface area (Å²) in [5.41, 5.74) is 0.827. The minimum Gasteiger partial charge on any atom is -0.410 e. The number of aromatic nitrogens is 1. The van der Waals surface area contributed by atoms with E-state index in [0.717, 1.165) is 24.0 Å². The van der Waals surface area contributed by atoms with Crippen LogP contribution in [0.5, 0.6) is 5.75 Å². The van der Waals surface area contributed by atoms with Crippen LogP contribution in [0.2, 0.25) is 0 Å². The molecule has 5 nitrogen and oxygen atoms in total. The van der Waals surface area contributed by atoms with Crippen molar-refractivity contribution in [2.45, 2.75) is 0 Å². The number of nitrogens with zero attached hydrogens (tertiary/aromatic N) is 2. The van der Waals surface area contributed by atoms with E-state index in [9.17, 15) is 4.79 Å². The Morgan fingerprint density at radius 3 is 2.95 bits per heavy atom. The summed E-state index contributed by atoms with van der Waals surface area (Å²) in [6, 6.07) is 9.35. The van der Waals surface area contributed by atoms with Gasteiger partial charge in [0.1, 0.15) is 5.75 Å². The molecule has 3 rings (SSSR count). The van der Waals surface area contributed by atoms with Gasteiger partial charge in [-0.2, -0.15) is 0 Å². The van der Waals surface area contributed by atoms with Crippen LogP contribution in [0.1, 0.15) is 0 Å². The van der Waals surface area contributed by atoms with Crippen LogP contribution in [0, 0.1) is 0 Å². The van der Waals surface area contributed by atoms with E-state index in [1.807, 2.05) is 18.2 Å². The number of fused-ring (bicyclic) bond motifs is 1. The number of piperazine rings is 1. The molecular formula is C14H15N3O2. The Morgan fingerprint density at radius 2 is 2.11 bits per heavy atom. The van der Waals surface area contributed by atoms with Crippen LogP contribution in [0.25, 0.3) is 10.9 Å². The van der Waals surface area contributed by atoms with Gasteiger partial charge in [-0.25, -0.2) is 4.79 Å². The van der Waals surface area contributed by atoms with E-state index in [2.05, 4.69) is 10.3 Å². The van der Waals surface area contributed by atoms with Crippen LogP contribution in [0.3, 0.4) is 0 Å². The van der Waals surface area contributed by atoms with E-state index < -0.39 is 0 Å². The van der Waals surface area contributed by atoms with Crippen LogP contribution in [-0.4, -0.2) is 42.2 Å². The van der Waals surface area contributed by atoms with Gasteiger partial charge in [0.25, 0.3) is 0 Å². The summed E-state index contributed by atoms with van der Waals surface area (Å²) in [4.78, 5) is 17.9. The first kappa shape index (κ1) is 11.9. The van der Waals surface area contributed by atoms with Crippen molar-refractivity contribution in [2.75, 3.05) is 26.2 Å². The Morgan fingerprint density at radius 1 is 1.26 bits per heavy atom. The predicted octanol–water partition coefficient (Wildman–Crippen LogP) is 1.64. The number of pyridine rings is 1. The van der Waals surface area contributed by atoms with Crippen molar-refractivity contribution in [3.63, 3.8) is 0 Å². The first-order chi connectivity index (χ1) is 9.33. The molecule has 0 bridgehead atoms. The van der Waals surface area contributed by atoms with Gasteiger partial charge in [-0.1, -0.05) is 6.07 Å². The van der Waals surface area contributed by atoms with Crippen molar-refractivity contribution in [2.24, 2.45) is 0 Å². The van der Waals surface area contributed by atoms with Gasteiger partial charge in [-0.3, -0.25) is 4.98 Å². The molecule has 1 fully saturated rings. The summed E-state index contributed by atoms with van der Waals surface area (Å²) in [6.45, 7) is 3.00. The Balaban J connectivity index is 1.75. The zero-order valence-corrected chi connectivity index (χ0v) is 10.5. The second-order valence-corrected chi connectivity index (χ2v) is 4.46. The number of nitrogens with one attached hydrogen (secondary N) is 1. The highest BCUT2D eigenvalue weighted by Crippen LogP contribution is 2.19. The summed E-state index contributed by atoms with van der Waals surface area (Å²) in [5, 5.41) is 4.23. The van der Waals surface area contributed by atoms with Crippen LogP contribution in [0.15, 0.2) is 36.5 Å². The molecule has 1 aliphatic heterocycles. The van der Waals surface area contributed by atoms with Crippen molar-refractivity contribution in [1.29, 1.82) is 0 Å². The van der Waals surface area contributed by atoms with Gasteiger partial charge in [0.05, 0.1) is 5.52 Å². The molecule has 1 aromatic carbocycles. The number of benzene rings is 1. The Kier molecular flexibility index (Phi) is 3.29. The van der Waals surface area contributed by atoms with Crippen molar-refractivity contribution in [1.82, 2.24) is 15.2 Å². The van der Waals surface area contributed by atoms with Gasteiger partial charge < -0.3 is 15.0 Å². The molecule has 0 spiro atoms. The van der Waals surface area contributed by atoms with Crippen molar-refractivity contribution >= 4 is 17.0 Å². The fraction of sp³-hybridized carbons (Fsp3) is 0.286. The molecule has 1 N–H and O–H groups in total. The predicted molar refractivity (Wildman–Crippen MR) is 72.2 cm³/mol. The molecule has 0 saturated carbocycles. The highest BCUT2D eigenvalue weighted by atomic mass is 16.6. The van der Waals surface area contributed by atoms with E-state index in [4.69, 9.17) is 4.74 Å². The van der Waals surface area contributed by atoms with Crippen LogP contribution >= 0.6 is 0 Å². The lowest BCUT2D eigenvalue weighted by atomic mass is 10.2. The zero-order valence-electron chi connectivity index (χ0n) is 10.5. The molecule has 1 aliphatic rings. The maximum atomic E-state index is 12.0.